The van der Waals surface area contributed by atoms with Crippen molar-refractivity contribution in [2.45, 2.75) is 19.4 Å². The summed E-state index contributed by atoms with van der Waals surface area (Å²) in [6.45, 7) is 3.03. The van der Waals surface area contributed by atoms with E-state index < -0.39 is 0 Å². The maximum absolute atomic E-state index is 6.25. The summed E-state index contributed by atoms with van der Waals surface area (Å²) < 4.78 is 7.48. The van der Waals surface area contributed by atoms with E-state index in [9.17, 15) is 0 Å². The first-order chi connectivity index (χ1) is 9.70. The lowest BCUT2D eigenvalue weighted by Gasteiger charge is -2.21. The van der Waals surface area contributed by atoms with Gasteiger partial charge in [0.1, 0.15) is 11.9 Å². The first kappa shape index (κ1) is 15.3. The van der Waals surface area contributed by atoms with Crippen molar-refractivity contribution in [1.82, 2.24) is 5.32 Å². The van der Waals surface area contributed by atoms with Gasteiger partial charge in [-0.3, -0.25) is 0 Å². The van der Waals surface area contributed by atoms with Crippen molar-refractivity contribution in [2.75, 3.05) is 13.6 Å². The molecule has 1 N–H and O–H groups in total. The highest BCUT2D eigenvalue weighted by atomic mass is 127. The minimum atomic E-state index is 0.0856. The summed E-state index contributed by atoms with van der Waals surface area (Å²) >= 11 is 2.32. The van der Waals surface area contributed by atoms with Gasteiger partial charge in [0, 0.05) is 9.99 Å². The van der Waals surface area contributed by atoms with Gasteiger partial charge in [0.05, 0.1) is 0 Å². The highest BCUT2D eigenvalue weighted by Gasteiger charge is 2.14. The van der Waals surface area contributed by atoms with Crippen molar-refractivity contribution in [2.24, 2.45) is 0 Å². The van der Waals surface area contributed by atoms with Crippen molar-refractivity contribution in [3.63, 3.8) is 0 Å². The Hall–Kier alpha value is -1.07. The molecule has 20 heavy (non-hydrogen) atoms. The van der Waals surface area contributed by atoms with Gasteiger partial charge in [-0.15, -0.1) is 0 Å². The van der Waals surface area contributed by atoms with E-state index >= 15 is 0 Å². The van der Waals surface area contributed by atoms with Gasteiger partial charge >= 0.3 is 0 Å². The molecule has 0 heterocycles. The summed E-state index contributed by atoms with van der Waals surface area (Å²) in [7, 11) is 1.97. The second-order valence-corrected chi connectivity index (χ2v) is 6.06. The molecule has 0 aromatic heterocycles. The first-order valence-electron chi connectivity index (χ1n) is 6.83. The van der Waals surface area contributed by atoms with Crippen LogP contribution in [0.3, 0.4) is 0 Å². The van der Waals surface area contributed by atoms with Crippen molar-refractivity contribution >= 4 is 22.6 Å². The summed E-state index contributed by atoms with van der Waals surface area (Å²) in [4.78, 5) is 0. The second kappa shape index (κ2) is 7.64. The zero-order valence-electron chi connectivity index (χ0n) is 11.9. The van der Waals surface area contributed by atoms with Crippen molar-refractivity contribution in [1.29, 1.82) is 0 Å². The lowest BCUT2D eigenvalue weighted by molar-refractivity contribution is 0.193. The van der Waals surface area contributed by atoms with Crippen LogP contribution >= 0.6 is 22.6 Å². The Morgan fingerprint density at radius 1 is 1.15 bits per heavy atom. The monoisotopic (exact) mass is 381 g/mol. The van der Waals surface area contributed by atoms with Crippen LogP contribution in [0.5, 0.6) is 5.75 Å². The number of benzene rings is 2. The van der Waals surface area contributed by atoms with Gasteiger partial charge < -0.3 is 10.1 Å². The van der Waals surface area contributed by atoms with Crippen LogP contribution in [-0.4, -0.2) is 13.6 Å². The Balaban J connectivity index is 2.19. The molecule has 2 rings (SSSR count). The van der Waals surface area contributed by atoms with E-state index in [0.717, 1.165) is 18.7 Å². The van der Waals surface area contributed by atoms with Gasteiger partial charge in [0.25, 0.3) is 0 Å². The number of halogens is 1. The predicted molar refractivity (Wildman–Crippen MR) is 92.3 cm³/mol. The molecule has 1 atom stereocenters. The molecule has 0 saturated carbocycles. The molecule has 0 fully saturated rings. The van der Waals surface area contributed by atoms with E-state index in [0.29, 0.717) is 0 Å². The summed E-state index contributed by atoms with van der Waals surface area (Å²) in [6.07, 6.45) is 1.04. The van der Waals surface area contributed by atoms with Crippen molar-refractivity contribution < 1.29 is 4.74 Å². The Kier molecular flexibility index (Phi) is 5.86. The maximum Gasteiger partial charge on any atom is 0.125 e. The molecule has 0 saturated heterocycles. The topological polar surface area (TPSA) is 21.3 Å². The van der Waals surface area contributed by atoms with E-state index in [1.165, 1.54) is 14.7 Å². The van der Waals surface area contributed by atoms with Crippen LogP contribution < -0.4 is 10.1 Å². The lowest BCUT2D eigenvalue weighted by Crippen LogP contribution is -2.16. The minimum absolute atomic E-state index is 0.0856. The smallest absolute Gasteiger partial charge is 0.125 e. The molecule has 0 bridgehead atoms. The highest BCUT2D eigenvalue weighted by Crippen LogP contribution is 2.28. The molecule has 2 aromatic carbocycles. The van der Waals surface area contributed by atoms with Crippen LogP contribution in [0.2, 0.25) is 0 Å². The van der Waals surface area contributed by atoms with E-state index in [2.05, 4.69) is 77.3 Å². The number of rotatable bonds is 6. The molecule has 0 aliphatic carbocycles. The average molecular weight is 381 g/mol. The number of hydrogen-bond donors (Lipinski definition) is 1. The van der Waals surface area contributed by atoms with Gasteiger partial charge in [0.15, 0.2) is 0 Å². The van der Waals surface area contributed by atoms with Crippen LogP contribution in [0, 0.1) is 10.5 Å². The number of hydrogen-bond acceptors (Lipinski definition) is 2. The largest absolute Gasteiger partial charge is 0.485 e. The third-order valence-corrected chi connectivity index (χ3v) is 3.91. The lowest BCUT2D eigenvalue weighted by atomic mass is 10.1. The first-order valence-corrected chi connectivity index (χ1v) is 7.91. The van der Waals surface area contributed by atoms with Crippen LogP contribution in [0.1, 0.15) is 23.7 Å². The second-order valence-electron chi connectivity index (χ2n) is 4.82. The fraction of sp³-hybridized carbons (Fsp3) is 0.294. The maximum atomic E-state index is 6.25. The van der Waals surface area contributed by atoms with Crippen molar-refractivity contribution in [3.8, 4) is 5.75 Å². The molecule has 2 aromatic rings. The zero-order valence-corrected chi connectivity index (χ0v) is 14.1. The van der Waals surface area contributed by atoms with E-state index in [4.69, 9.17) is 4.74 Å². The van der Waals surface area contributed by atoms with Crippen LogP contribution in [0.15, 0.2) is 48.5 Å². The molecule has 0 aliphatic heterocycles. The highest BCUT2D eigenvalue weighted by molar-refractivity contribution is 14.1. The Morgan fingerprint density at radius 2 is 1.90 bits per heavy atom. The summed E-state index contributed by atoms with van der Waals surface area (Å²) in [6, 6.07) is 16.7. The quantitative estimate of drug-likeness (QED) is 0.753. The molecule has 3 heteroatoms. The molecule has 0 radical (unpaired) electrons. The Morgan fingerprint density at radius 3 is 2.55 bits per heavy atom. The summed E-state index contributed by atoms with van der Waals surface area (Å²) in [5, 5.41) is 3.20. The van der Waals surface area contributed by atoms with Crippen LogP contribution in [0.25, 0.3) is 0 Å². The molecule has 106 valence electrons. The fourth-order valence-corrected chi connectivity index (χ4v) is 2.78. The van der Waals surface area contributed by atoms with Gasteiger partial charge in [0.2, 0.25) is 0 Å². The van der Waals surface area contributed by atoms with Gasteiger partial charge in [-0.2, -0.15) is 0 Å². The van der Waals surface area contributed by atoms with Gasteiger partial charge in [-0.25, -0.2) is 0 Å². The van der Waals surface area contributed by atoms with Crippen LogP contribution in [0.4, 0.5) is 0 Å². The fourth-order valence-electron chi connectivity index (χ4n) is 2.14. The molecular formula is C17H20INO. The molecule has 2 nitrogen and oxygen atoms in total. The average Bonchev–Trinajstić information content (AvgIpc) is 2.46. The SMILES string of the molecule is CNCC[C@@H](Oc1ccc(I)cc1C)c1ccccc1. The molecule has 0 amide bonds. The number of ether oxygens (including phenoxy) is 1. The van der Waals surface area contributed by atoms with Crippen molar-refractivity contribution in [3.05, 3.63) is 63.2 Å². The molecular weight excluding hydrogens is 361 g/mol. The van der Waals surface area contributed by atoms with Gasteiger partial charge in [-0.05, 0) is 72.4 Å². The number of nitrogens with one attached hydrogen (secondary N) is 1. The molecule has 0 spiro atoms. The van der Waals surface area contributed by atoms with Gasteiger partial charge in [-0.1, -0.05) is 30.3 Å². The number of aryl methyl sites for hydroxylation is 1. The molecule has 0 unspecified atom stereocenters. The third-order valence-electron chi connectivity index (χ3n) is 3.23. The van der Waals surface area contributed by atoms with E-state index in [1.54, 1.807) is 0 Å². The van der Waals surface area contributed by atoms with E-state index in [-0.39, 0.29) is 6.10 Å². The molecule has 0 aliphatic rings. The minimum Gasteiger partial charge on any atom is -0.485 e. The standard InChI is InChI=1S/C17H20INO/c1-13-12-15(18)8-9-16(13)20-17(10-11-19-2)14-6-4-3-5-7-14/h3-9,12,17,19H,10-11H2,1-2H3/t17-/m1/s1. The predicted octanol–water partition coefficient (Wildman–Crippen LogP) is 4.33. The normalized spacial score (nSPS) is 12.2. The Labute approximate surface area is 134 Å². The summed E-state index contributed by atoms with van der Waals surface area (Å²) in [5.74, 6) is 0.968. The Bertz CT molecular complexity index is 542. The zero-order chi connectivity index (χ0) is 14.4. The van der Waals surface area contributed by atoms with E-state index in [1.807, 2.05) is 13.1 Å². The summed E-state index contributed by atoms with van der Waals surface area (Å²) in [5.41, 5.74) is 2.41. The van der Waals surface area contributed by atoms with Crippen LogP contribution in [-0.2, 0) is 0 Å². The third kappa shape index (κ3) is 4.21.